The molecule has 6 nitrogen and oxygen atoms in total. The zero-order valence-corrected chi connectivity index (χ0v) is 27.9. The summed E-state index contributed by atoms with van der Waals surface area (Å²) in [6, 6.07) is 32.6. The molecule has 0 bridgehead atoms. The molecule has 0 N–H and O–H groups in total. The van der Waals surface area contributed by atoms with Crippen molar-refractivity contribution in [3.05, 3.63) is 179 Å². The minimum atomic E-state index is -0.253. The Labute approximate surface area is 295 Å². The zero-order valence-electron chi connectivity index (χ0n) is 25.8. The van der Waals surface area contributed by atoms with Crippen LogP contribution in [-0.2, 0) is 0 Å². The third-order valence-electron chi connectivity index (χ3n) is 7.15. The van der Waals surface area contributed by atoms with E-state index in [0.29, 0.717) is 11.6 Å². The zero-order chi connectivity index (χ0) is 34.0. The van der Waals surface area contributed by atoms with Gasteiger partial charge in [0.1, 0.15) is 11.6 Å². The first-order chi connectivity index (χ1) is 24.0. The maximum absolute atomic E-state index is 13.2. The second-order valence-corrected chi connectivity index (χ2v) is 11.4. The molecule has 0 aliphatic carbocycles. The van der Waals surface area contributed by atoms with Gasteiger partial charge in [-0.15, -0.1) is 6.42 Å². The summed E-state index contributed by atoms with van der Waals surface area (Å²) in [6.07, 6.45) is 15.6. The van der Waals surface area contributed by atoms with E-state index in [2.05, 4.69) is 83.2 Å². The highest BCUT2D eigenvalue weighted by atomic mass is 127. The van der Waals surface area contributed by atoms with E-state index in [4.69, 9.17) is 6.42 Å². The Morgan fingerprint density at radius 3 is 1.53 bits per heavy atom. The summed E-state index contributed by atoms with van der Waals surface area (Å²) in [5.74, 6) is 8.88. The summed E-state index contributed by atoms with van der Waals surface area (Å²) < 4.78 is 31.4. The van der Waals surface area contributed by atoms with Crippen molar-refractivity contribution in [2.45, 2.75) is 0 Å². The van der Waals surface area contributed by atoms with Gasteiger partial charge in [0, 0.05) is 62.9 Å². The first-order valence-corrected chi connectivity index (χ1v) is 16.0. The number of hydrogen-bond donors (Lipinski definition) is 0. The molecule has 4 heterocycles. The van der Waals surface area contributed by atoms with Crippen LogP contribution < -0.4 is 0 Å². The van der Waals surface area contributed by atoms with Gasteiger partial charge in [-0.2, -0.15) is 0 Å². The summed E-state index contributed by atoms with van der Waals surface area (Å²) in [4.78, 5) is 15.7. The molecule has 4 aromatic heterocycles. The molecule has 0 aliphatic rings. The molecule has 8 aromatic rings. The van der Waals surface area contributed by atoms with Gasteiger partial charge in [0.25, 0.3) is 0 Å². The average Bonchev–Trinajstić information content (AvgIpc) is 3.70. The van der Waals surface area contributed by atoms with Crippen LogP contribution in [0.3, 0.4) is 0 Å². The van der Waals surface area contributed by atoms with Gasteiger partial charge in [-0.05, 0) is 107 Å². The van der Waals surface area contributed by atoms with E-state index in [1.165, 1.54) is 33.2 Å². The lowest BCUT2D eigenvalue weighted by Crippen LogP contribution is -1.91. The molecule has 9 heteroatoms. The number of para-hydroxylation sites is 2. The normalized spacial score (nSPS) is 10.2. The van der Waals surface area contributed by atoms with Gasteiger partial charge in [-0.1, -0.05) is 42.3 Å². The van der Waals surface area contributed by atoms with Gasteiger partial charge in [-0.25, -0.2) is 28.7 Å². The molecule has 0 spiro atoms. The number of aromatic nitrogens is 6. The standard InChI is InChI=1S/C20H12FN3.C14H9FIN.C6H4N2/c21-16-7-9-17(10-8-16)24-14-15(18-4-1-2-5-19(18)24)6-11-20-22-12-3-13-23-20;15-10-5-7-11(8-6-10)17-9-13(16)12-3-1-2-4-14(12)17;1-2-6-7-4-3-5-8-6/h1-5,7-10,12-14H;1-9H;1,3-5H. The average molecular weight is 755 g/mol. The van der Waals surface area contributed by atoms with Crippen LogP contribution in [0.15, 0.2) is 146 Å². The SMILES string of the molecule is C#Cc1ncccn1.Fc1ccc(-n2cc(C#Cc3ncccn3)c3ccccc32)cc1.Fc1ccc(-n2cc(I)c3ccccc32)cc1. The van der Waals surface area contributed by atoms with Crippen molar-refractivity contribution in [2.24, 2.45) is 0 Å². The number of hydrogen-bond acceptors (Lipinski definition) is 4. The molecule has 0 saturated carbocycles. The van der Waals surface area contributed by atoms with Crippen molar-refractivity contribution in [1.29, 1.82) is 0 Å². The van der Waals surface area contributed by atoms with Gasteiger partial charge < -0.3 is 9.13 Å². The molecule has 8 rings (SSSR count). The third-order valence-corrected chi connectivity index (χ3v) is 8.01. The van der Waals surface area contributed by atoms with Crippen molar-refractivity contribution in [1.82, 2.24) is 29.1 Å². The quantitative estimate of drug-likeness (QED) is 0.131. The highest BCUT2D eigenvalue weighted by molar-refractivity contribution is 14.1. The molecule has 0 saturated heterocycles. The number of nitrogens with zero attached hydrogens (tertiary/aromatic N) is 6. The van der Waals surface area contributed by atoms with Gasteiger partial charge >= 0.3 is 0 Å². The predicted octanol–water partition coefficient (Wildman–Crippen LogP) is 8.79. The van der Waals surface area contributed by atoms with Crippen molar-refractivity contribution in [3.8, 4) is 35.6 Å². The Morgan fingerprint density at radius 2 is 1.00 bits per heavy atom. The van der Waals surface area contributed by atoms with Crippen LogP contribution in [0, 0.1) is 39.4 Å². The Morgan fingerprint density at radius 1 is 0.531 bits per heavy atom. The highest BCUT2D eigenvalue weighted by Gasteiger charge is 2.09. The van der Waals surface area contributed by atoms with Crippen LogP contribution in [0.25, 0.3) is 33.2 Å². The van der Waals surface area contributed by atoms with Gasteiger partial charge in [0.15, 0.2) is 0 Å². The topological polar surface area (TPSA) is 61.4 Å². The molecule has 4 aromatic carbocycles. The van der Waals surface area contributed by atoms with Crippen molar-refractivity contribution < 1.29 is 8.78 Å². The van der Waals surface area contributed by atoms with E-state index in [1.807, 2.05) is 47.2 Å². The minimum Gasteiger partial charge on any atom is -0.315 e. The van der Waals surface area contributed by atoms with Gasteiger partial charge in [0.2, 0.25) is 11.6 Å². The monoisotopic (exact) mass is 754 g/mol. The molecular weight excluding hydrogens is 729 g/mol. The summed E-state index contributed by atoms with van der Waals surface area (Å²) in [6.45, 7) is 0. The highest BCUT2D eigenvalue weighted by Crippen LogP contribution is 2.26. The number of fused-ring (bicyclic) bond motifs is 2. The lowest BCUT2D eigenvalue weighted by Gasteiger charge is -2.04. The summed E-state index contributed by atoms with van der Waals surface area (Å²) in [5.41, 5.74) is 4.90. The lowest BCUT2D eigenvalue weighted by atomic mass is 10.2. The van der Waals surface area contributed by atoms with Crippen LogP contribution in [0.2, 0.25) is 0 Å². The Balaban J connectivity index is 0.000000144. The number of rotatable bonds is 2. The van der Waals surface area contributed by atoms with Crippen LogP contribution in [-0.4, -0.2) is 29.1 Å². The molecule has 236 valence electrons. The van der Waals surface area contributed by atoms with Gasteiger partial charge in [-0.3, -0.25) is 0 Å². The third kappa shape index (κ3) is 8.04. The van der Waals surface area contributed by atoms with E-state index in [-0.39, 0.29) is 11.6 Å². The fourth-order valence-electron chi connectivity index (χ4n) is 4.91. The summed E-state index contributed by atoms with van der Waals surface area (Å²) >= 11 is 2.32. The van der Waals surface area contributed by atoms with E-state index in [1.54, 1.807) is 61.2 Å². The largest absolute Gasteiger partial charge is 0.315 e. The molecule has 0 fully saturated rings. The Hall–Kier alpha value is -6.17. The first kappa shape index (κ1) is 32.8. The van der Waals surface area contributed by atoms with Crippen molar-refractivity contribution >= 4 is 44.4 Å². The van der Waals surface area contributed by atoms with Crippen LogP contribution >= 0.6 is 22.6 Å². The number of benzene rings is 4. The second-order valence-electron chi connectivity index (χ2n) is 10.3. The van der Waals surface area contributed by atoms with E-state index in [0.717, 1.165) is 33.4 Å². The molecule has 0 aliphatic heterocycles. The molecule has 49 heavy (non-hydrogen) atoms. The van der Waals surface area contributed by atoms with Crippen LogP contribution in [0.4, 0.5) is 8.78 Å². The first-order valence-electron chi connectivity index (χ1n) is 14.9. The fourth-order valence-corrected chi connectivity index (χ4v) is 5.64. The Kier molecular flexibility index (Phi) is 10.4. The molecule has 0 radical (unpaired) electrons. The molecule has 0 unspecified atom stereocenters. The van der Waals surface area contributed by atoms with E-state index < -0.39 is 0 Å². The molecule has 0 amide bonds. The van der Waals surface area contributed by atoms with Crippen LogP contribution in [0.5, 0.6) is 0 Å². The lowest BCUT2D eigenvalue weighted by molar-refractivity contribution is 0.627. The number of halogens is 3. The summed E-state index contributed by atoms with van der Waals surface area (Å²) in [5, 5.41) is 2.25. The molecule has 0 atom stereocenters. The number of terminal acetylenes is 1. The van der Waals surface area contributed by atoms with E-state index in [9.17, 15) is 8.78 Å². The maximum atomic E-state index is 13.2. The fraction of sp³-hybridized carbons (Fsp3) is 0. The maximum Gasteiger partial charge on any atom is 0.205 e. The minimum absolute atomic E-state index is 0.208. The van der Waals surface area contributed by atoms with Crippen molar-refractivity contribution in [2.75, 3.05) is 0 Å². The van der Waals surface area contributed by atoms with E-state index >= 15 is 0 Å². The Bertz CT molecular complexity index is 2420. The second kappa shape index (κ2) is 15.6. The predicted molar refractivity (Wildman–Crippen MR) is 197 cm³/mol. The molecular formula is C40H25F2IN6. The van der Waals surface area contributed by atoms with Gasteiger partial charge in [0.05, 0.1) is 16.6 Å². The van der Waals surface area contributed by atoms with Crippen LogP contribution in [0.1, 0.15) is 17.2 Å². The smallest absolute Gasteiger partial charge is 0.205 e. The summed E-state index contributed by atoms with van der Waals surface area (Å²) in [7, 11) is 0. The van der Waals surface area contributed by atoms with Crippen molar-refractivity contribution in [3.63, 3.8) is 0 Å².